The zero-order valence-corrected chi connectivity index (χ0v) is 15.8. The number of rotatable bonds is 5. The molecule has 27 heavy (non-hydrogen) atoms. The Hall–Kier alpha value is -3.20. The van der Waals surface area contributed by atoms with Crippen molar-refractivity contribution in [2.24, 2.45) is 4.99 Å². The molecule has 3 rings (SSSR count). The quantitative estimate of drug-likeness (QED) is 0.494. The second-order valence-corrected chi connectivity index (χ2v) is 6.57. The molecular formula is C18H17N3O5S. The highest BCUT2D eigenvalue weighted by molar-refractivity contribution is 7.16. The number of thiazole rings is 1. The van der Waals surface area contributed by atoms with Crippen LogP contribution in [0.1, 0.15) is 17.3 Å². The molecule has 0 saturated carbocycles. The fraction of sp³-hybridized carbons (Fsp3) is 0.222. The maximum absolute atomic E-state index is 12.7. The molecule has 0 saturated heterocycles. The van der Waals surface area contributed by atoms with Crippen molar-refractivity contribution in [2.75, 3.05) is 14.2 Å². The second kappa shape index (κ2) is 7.58. The molecule has 2 aromatic carbocycles. The van der Waals surface area contributed by atoms with Gasteiger partial charge in [0.1, 0.15) is 11.5 Å². The number of ether oxygens (including phenoxy) is 2. The van der Waals surface area contributed by atoms with Gasteiger partial charge in [0.25, 0.3) is 11.6 Å². The van der Waals surface area contributed by atoms with Crippen LogP contribution in [0.2, 0.25) is 0 Å². The van der Waals surface area contributed by atoms with Crippen molar-refractivity contribution in [2.45, 2.75) is 13.5 Å². The number of fused-ring (bicyclic) bond motifs is 1. The zero-order chi connectivity index (χ0) is 19.6. The Morgan fingerprint density at radius 2 is 1.85 bits per heavy atom. The monoisotopic (exact) mass is 387 g/mol. The number of methoxy groups -OCH3 is 2. The van der Waals surface area contributed by atoms with E-state index in [-0.39, 0.29) is 5.69 Å². The van der Waals surface area contributed by atoms with E-state index in [0.717, 1.165) is 4.70 Å². The van der Waals surface area contributed by atoms with Gasteiger partial charge in [0, 0.05) is 30.3 Å². The summed E-state index contributed by atoms with van der Waals surface area (Å²) in [7, 11) is 3.01. The van der Waals surface area contributed by atoms with Crippen LogP contribution in [-0.4, -0.2) is 29.6 Å². The van der Waals surface area contributed by atoms with Crippen molar-refractivity contribution in [1.82, 2.24) is 4.57 Å². The normalized spacial score (nSPS) is 11.6. The number of aryl methyl sites for hydroxylation is 1. The number of carbonyl (C=O) groups excluding carboxylic acids is 1. The number of benzene rings is 2. The summed E-state index contributed by atoms with van der Waals surface area (Å²) in [6.07, 6.45) is 0. The van der Waals surface area contributed by atoms with Gasteiger partial charge in [0.15, 0.2) is 4.80 Å². The van der Waals surface area contributed by atoms with Crippen molar-refractivity contribution in [3.8, 4) is 11.5 Å². The first-order valence-electron chi connectivity index (χ1n) is 8.06. The molecule has 0 aliphatic rings. The SMILES string of the molecule is CCn1c(=NC(=O)c2cc(OC)cc(OC)c2)sc2ccc([N+](=O)[O-])cc21. The van der Waals surface area contributed by atoms with Gasteiger partial charge in [-0.2, -0.15) is 4.99 Å². The van der Waals surface area contributed by atoms with Crippen LogP contribution >= 0.6 is 11.3 Å². The molecular weight excluding hydrogens is 370 g/mol. The van der Waals surface area contributed by atoms with E-state index < -0.39 is 10.8 Å². The molecule has 1 aromatic heterocycles. The third-order valence-corrected chi connectivity index (χ3v) is 5.05. The lowest BCUT2D eigenvalue weighted by atomic mass is 10.2. The van der Waals surface area contributed by atoms with Gasteiger partial charge < -0.3 is 14.0 Å². The first-order valence-corrected chi connectivity index (χ1v) is 8.88. The van der Waals surface area contributed by atoms with E-state index in [4.69, 9.17) is 9.47 Å². The van der Waals surface area contributed by atoms with Gasteiger partial charge in [-0.05, 0) is 25.1 Å². The Morgan fingerprint density at radius 3 is 2.41 bits per heavy atom. The average molecular weight is 387 g/mol. The Balaban J connectivity index is 2.12. The number of nitro benzene ring substituents is 1. The fourth-order valence-corrected chi connectivity index (χ4v) is 3.72. The second-order valence-electron chi connectivity index (χ2n) is 5.56. The summed E-state index contributed by atoms with van der Waals surface area (Å²) in [5.74, 6) is 0.530. The van der Waals surface area contributed by atoms with Crippen LogP contribution in [0.3, 0.4) is 0 Å². The average Bonchev–Trinajstić information content (AvgIpc) is 3.03. The number of nitrogens with zero attached hydrogens (tertiary/aromatic N) is 3. The molecule has 0 spiro atoms. The fourth-order valence-electron chi connectivity index (χ4n) is 2.64. The third-order valence-electron chi connectivity index (χ3n) is 3.99. The molecule has 0 unspecified atom stereocenters. The summed E-state index contributed by atoms with van der Waals surface area (Å²) in [5.41, 5.74) is 1.00. The number of hydrogen-bond donors (Lipinski definition) is 0. The minimum Gasteiger partial charge on any atom is -0.497 e. The van der Waals surface area contributed by atoms with E-state index in [1.54, 1.807) is 28.8 Å². The highest BCUT2D eigenvalue weighted by atomic mass is 32.1. The lowest BCUT2D eigenvalue weighted by molar-refractivity contribution is -0.384. The molecule has 0 radical (unpaired) electrons. The van der Waals surface area contributed by atoms with Gasteiger partial charge in [-0.15, -0.1) is 0 Å². The molecule has 0 fully saturated rings. The lowest BCUT2D eigenvalue weighted by Crippen LogP contribution is -2.16. The van der Waals surface area contributed by atoms with E-state index in [2.05, 4.69) is 4.99 Å². The highest BCUT2D eigenvalue weighted by Gasteiger charge is 2.14. The molecule has 0 aliphatic heterocycles. The Kier molecular flexibility index (Phi) is 5.22. The standard InChI is InChI=1S/C18H17N3O5S/c1-4-20-15-9-12(21(23)24)5-6-16(15)27-18(20)19-17(22)11-7-13(25-2)10-14(8-11)26-3/h5-10H,4H2,1-3H3. The molecule has 0 aliphatic carbocycles. The van der Waals surface area contributed by atoms with E-state index in [1.807, 2.05) is 6.92 Å². The van der Waals surface area contributed by atoms with Gasteiger partial charge in [-0.25, -0.2) is 0 Å². The summed E-state index contributed by atoms with van der Waals surface area (Å²) >= 11 is 1.30. The summed E-state index contributed by atoms with van der Waals surface area (Å²) < 4.78 is 13.0. The van der Waals surface area contributed by atoms with Gasteiger partial charge in [-0.3, -0.25) is 14.9 Å². The molecule has 1 amide bonds. The molecule has 0 bridgehead atoms. The summed E-state index contributed by atoms with van der Waals surface area (Å²) in [4.78, 5) is 28.0. The Labute approximate surface area is 158 Å². The van der Waals surface area contributed by atoms with E-state index in [1.165, 1.54) is 37.7 Å². The first kappa shape index (κ1) is 18.6. The molecule has 3 aromatic rings. The lowest BCUT2D eigenvalue weighted by Gasteiger charge is -2.06. The number of non-ortho nitro benzene ring substituents is 1. The van der Waals surface area contributed by atoms with Gasteiger partial charge >= 0.3 is 0 Å². The van der Waals surface area contributed by atoms with E-state index in [0.29, 0.717) is 33.9 Å². The summed E-state index contributed by atoms with van der Waals surface area (Å²) in [6, 6.07) is 9.44. The van der Waals surface area contributed by atoms with Crippen LogP contribution in [0.4, 0.5) is 5.69 Å². The van der Waals surface area contributed by atoms with Crippen LogP contribution in [0, 0.1) is 10.1 Å². The van der Waals surface area contributed by atoms with Gasteiger partial charge in [0.2, 0.25) is 0 Å². The van der Waals surface area contributed by atoms with E-state index in [9.17, 15) is 14.9 Å². The largest absolute Gasteiger partial charge is 0.497 e. The van der Waals surface area contributed by atoms with Gasteiger partial charge in [-0.1, -0.05) is 11.3 Å². The molecule has 1 heterocycles. The number of amides is 1. The first-order chi connectivity index (χ1) is 13.0. The highest BCUT2D eigenvalue weighted by Crippen LogP contribution is 2.24. The molecule has 0 N–H and O–H groups in total. The number of aromatic nitrogens is 1. The number of nitro groups is 1. The van der Waals surface area contributed by atoms with E-state index >= 15 is 0 Å². The van der Waals surface area contributed by atoms with Crippen molar-refractivity contribution in [3.63, 3.8) is 0 Å². The predicted octanol–water partition coefficient (Wildman–Crippen LogP) is 3.39. The topological polar surface area (TPSA) is 96.0 Å². The van der Waals surface area contributed by atoms with Gasteiger partial charge in [0.05, 0.1) is 29.4 Å². The Morgan fingerprint density at radius 1 is 1.19 bits per heavy atom. The van der Waals surface area contributed by atoms with Crippen molar-refractivity contribution in [1.29, 1.82) is 0 Å². The molecule has 8 nitrogen and oxygen atoms in total. The van der Waals surface area contributed by atoms with Crippen LogP contribution in [-0.2, 0) is 6.54 Å². The predicted molar refractivity (Wildman–Crippen MR) is 102 cm³/mol. The minimum absolute atomic E-state index is 0.00194. The molecule has 140 valence electrons. The summed E-state index contributed by atoms with van der Waals surface area (Å²) in [6.45, 7) is 2.41. The Bertz CT molecular complexity index is 1080. The van der Waals surface area contributed by atoms with Crippen LogP contribution < -0.4 is 14.3 Å². The zero-order valence-electron chi connectivity index (χ0n) is 15.0. The van der Waals surface area contributed by atoms with Crippen LogP contribution in [0.5, 0.6) is 11.5 Å². The third kappa shape index (κ3) is 3.68. The maximum Gasteiger partial charge on any atom is 0.279 e. The number of carbonyl (C=O) groups is 1. The maximum atomic E-state index is 12.7. The van der Waals surface area contributed by atoms with Crippen molar-refractivity contribution in [3.05, 3.63) is 56.9 Å². The number of hydrogen-bond acceptors (Lipinski definition) is 6. The smallest absolute Gasteiger partial charge is 0.279 e. The minimum atomic E-state index is -0.449. The molecule has 9 heteroatoms. The summed E-state index contributed by atoms with van der Waals surface area (Å²) in [5, 5.41) is 11.0. The van der Waals surface area contributed by atoms with Crippen molar-refractivity contribution >= 4 is 33.1 Å². The molecule has 0 atom stereocenters. The van der Waals surface area contributed by atoms with Crippen molar-refractivity contribution < 1.29 is 19.2 Å². The van der Waals surface area contributed by atoms with Crippen LogP contribution in [0.25, 0.3) is 10.2 Å². The van der Waals surface area contributed by atoms with Crippen LogP contribution in [0.15, 0.2) is 41.4 Å².